The predicted octanol–water partition coefficient (Wildman–Crippen LogP) is 3.63. The van der Waals surface area contributed by atoms with Gasteiger partial charge in [-0.1, -0.05) is 28.1 Å². The fourth-order valence-electron chi connectivity index (χ4n) is 3.12. The minimum atomic E-state index is -5.08. The van der Waals surface area contributed by atoms with Gasteiger partial charge in [0, 0.05) is 16.2 Å². The average Bonchev–Trinajstić information content (AvgIpc) is 3.27. The molecule has 2 heterocycles. The summed E-state index contributed by atoms with van der Waals surface area (Å²) in [6.07, 6.45) is -3.14. The molecular formula is C18H15BrF3N5O4. The van der Waals surface area contributed by atoms with Gasteiger partial charge in [-0.25, -0.2) is 14.6 Å². The molecule has 0 radical (unpaired) electrons. The van der Waals surface area contributed by atoms with Gasteiger partial charge in [0.05, 0.1) is 6.04 Å². The number of hydrogen-bond donors (Lipinski definition) is 3. The van der Waals surface area contributed by atoms with Crippen molar-refractivity contribution in [2.24, 2.45) is 0 Å². The Labute approximate surface area is 181 Å². The van der Waals surface area contributed by atoms with Crippen molar-refractivity contribution >= 4 is 39.5 Å². The van der Waals surface area contributed by atoms with Gasteiger partial charge >= 0.3 is 18.1 Å². The normalized spacial score (nSPS) is 15.2. The Balaban J connectivity index is 0.000000339. The van der Waals surface area contributed by atoms with Crippen LogP contribution in [0.5, 0.6) is 0 Å². The lowest BCUT2D eigenvalue weighted by molar-refractivity contribution is -0.192. The molecule has 1 aromatic carbocycles. The first-order valence-electron chi connectivity index (χ1n) is 8.79. The number of aliphatic carboxylic acids is 1. The Morgan fingerprint density at radius 2 is 1.94 bits per heavy atom. The highest BCUT2D eigenvalue weighted by molar-refractivity contribution is 9.10. The van der Waals surface area contributed by atoms with E-state index >= 15 is 0 Å². The number of nitrogens with one attached hydrogen (secondary N) is 1. The third-order valence-corrected chi connectivity index (χ3v) is 5.15. The number of benzene rings is 1. The van der Waals surface area contributed by atoms with E-state index in [-0.39, 0.29) is 17.6 Å². The first kappa shape index (κ1) is 22.5. The van der Waals surface area contributed by atoms with E-state index in [0.717, 1.165) is 23.0 Å². The van der Waals surface area contributed by atoms with Crippen LogP contribution in [0.25, 0.3) is 5.78 Å². The van der Waals surface area contributed by atoms with Crippen LogP contribution in [0.15, 0.2) is 28.7 Å². The Hall–Kier alpha value is -3.22. The zero-order valence-corrected chi connectivity index (χ0v) is 17.4. The van der Waals surface area contributed by atoms with Crippen LogP contribution in [0.3, 0.4) is 0 Å². The van der Waals surface area contributed by atoms with Crippen molar-refractivity contribution in [3.8, 4) is 0 Å². The minimum absolute atomic E-state index is 0.139. The number of aromatic nitrogens is 4. The van der Waals surface area contributed by atoms with Gasteiger partial charge in [-0.05, 0) is 37.0 Å². The Bertz CT molecular complexity index is 1170. The fourth-order valence-corrected chi connectivity index (χ4v) is 3.70. The van der Waals surface area contributed by atoms with Crippen molar-refractivity contribution in [2.75, 3.05) is 5.32 Å². The van der Waals surface area contributed by atoms with Crippen molar-refractivity contribution in [1.82, 2.24) is 19.6 Å². The molecule has 3 N–H and O–H groups in total. The summed E-state index contributed by atoms with van der Waals surface area (Å²) in [6, 6.07) is 8.17. The molecule has 0 fully saturated rings. The molecule has 13 heteroatoms. The molecule has 0 saturated heterocycles. The third kappa shape index (κ3) is 4.93. The van der Waals surface area contributed by atoms with E-state index in [1.54, 1.807) is 0 Å². The fraction of sp³-hybridized carbons (Fsp3) is 0.278. The molecule has 4 rings (SSSR count). The highest BCUT2D eigenvalue weighted by Crippen LogP contribution is 2.37. The highest BCUT2D eigenvalue weighted by Gasteiger charge is 2.38. The number of carbonyl (C=O) groups is 2. The quantitative estimate of drug-likeness (QED) is 0.496. The van der Waals surface area contributed by atoms with Crippen molar-refractivity contribution in [2.45, 2.75) is 32.0 Å². The van der Waals surface area contributed by atoms with Gasteiger partial charge in [0.15, 0.2) is 0 Å². The van der Waals surface area contributed by atoms with E-state index in [1.807, 2.05) is 25.1 Å². The summed E-state index contributed by atoms with van der Waals surface area (Å²) in [6.45, 7) is 1.85. The first-order chi connectivity index (χ1) is 14.5. The molecule has 0 bridgehead atoms. The van der Waals surface area contributed by atoms with E-state index in [0.29, 0.717) is 5.82 Å². The van der Waals surface area contributed by atoms with Crippen LogP contribution >= 0.6 is 15.9 Å². The third-order valence-electron chi connectivity index (χ3n) is 4.41. The molecule has 1 atom stereocenters. The van der Waals surface area contributed by atoms with Crippen LogP contribution < -0.4 is 5.32 Å². The van der Waals surface area contributed by atoms with Crippen LogP contribution in [0.4, 0.5) is 19.0 Å². The minimum Gasteiger partial charge on any atom is -0.475 e. The summed E-state index contributed by atoms with van der Waals surface area (Å²) in [5.74, 6) is -3.21. The van der Waals surface area contributed by atoms with Gasteiger partial charge in [-0.15, -0.1) is 5.10 Å². The van der Waals surface area contributed by atoms with Crippen molar-refractivity contribution in [3.63, 3.8) is 0 Å². The second-order valence-electron chi connectivity index (χ2n) is 6.58. The molecule has 2 aromatic heterocycles. The topological polar surface area (TPSA) is 130 Å². The molecule has 1 unspecified atom stereocenters. The maximum absolute atomic E-state index is 11.1. The van der Waals surface area contributed by atoms with Crippen LogP contribution in [0, 0.1) is 6.92 Å². The number of anilines is 1. The van der Waals surface area contributed by atoms with Crippen molar-refractivity contribution in [3.05, 3.63) is 51.4 Å². The first-order valence-corrected chi connectivity index (χ1v) is 9.58. The second kappa shape index (κ2) is 8.49. The summed E-state index contributed by atoms with van der Waals surface area (Å²) in [4.78, 5) is 28.2. The number of halogens is 4. The molecule has 1 aliphatic carbocycles. The van der Waals surface area contributed by atoms with Crippen LogP contribution in [0.1, 0.15) is 39.9 Å². The lowest BCUT2D eigenvalue weighted by Gasteiger charge is -2.16. The largest absolute Gasteiger partial charge is 0.490 e. The molecule has 31 heavy (non-hydrogen) atoms. The lowest BCUT2D eigenvalue weighted by atomic mass is 10.1. The van der Waals surface area contributed by atoms with Gasteiger partial charge in [-0.2, -0.15) is 22.7 Å². The maximum Gasteiger partial charge on any atom is 0.490 e. The molecule has 3 aromatic rings. The number of hydrogen-bond acceptors (Lipinski definition) is 6. The molecule has 0 amide bonds. The van der Waals surface area contributed by atoms with E-state index in [1.165, 1.54) is 15.6 Å². The van der Waals surface area contributed by atoms with E-state index < -0.39 is 18.1 Å². The predicted molar refractivity (Wildman–Crippen MR) is 105 cm³/mol. The van der Waals surface area contributed by atoms with Crippen molar-refractivity contribution in [1.29, 1.82) is 0 Å². The summed E-state index contributed by atoms with van der Waals surface area (Å²) in [7, 11) is 0. The van der Waals surface area contributed by atoms with Crippen LogP contribution in [-0.2, 0) is 11.2 Å². The molecule has 164 valence electrons. The number of alkyl halides is 3. The molecule has 1 aliphatic rings. The van der Waals surface area contributed by atoms with Gasteiger partial charge in [0.2, 0.25) is 0 Å². The number of nitrogens with zero attached hydrogens (tertiary/aromatic N) is 4. The summed E-state index contributed by atoms with van der Waals surface area (Å²) in [5, 5.41) is 23.7. The number of aryl methyl sites for hydroxylation is 1. The zero-order valence-electron chi connectivity index (χ0n) is 15.8. The number of rotatable bonds is 3. The number of carboxylic acid groups (broad SMARTS) is 2. The standard InChI is InChI=1S/C16H14BrN5O2.C2HF3O2/c1-8-7-13(22-16(18-8)20-14(21-22)15(23)24)19-12-6-5-9-10(12)3-2-4-11(9)17;3-2(4,5)1(6)7/h2-4,7,12,19H,5-6H2,1H3,(H,23,24);(H,6,7). The lowest BCUT2D eigenvalue weighted by Crippen LogP contribution is -2.21. The molecule has 0 spiro atoms. The van der Waals surface area contributed by atoms with Crippen molar-refractivity contribution < 1.29 is 33.0 Å². The van der Waals surface area contributed by atoms with Gasteiger partial charge < -0.3 is 15.5 Å². The SMILES string of the molecule is Cc1cc(NC2CCc3c(Br)cccc32)n2nc(C(=O)O)nc2n1.O=C(O)C(F)(F)F. The van der Waals surface area contributed by atoms with Crippen LogP contribution in [0.2, 0.25) is 0 Å². The monoisotopic (exact) mass is 501 g/mol. The molecular weight excluding hydrogens is 487 g/mol. The Morgan fingerprint density at radius 1 is 1.26 bits per heavy atom. The Morgan fingerprint density at radius 3 is 2.55 bits per heavy atom. The highest BCUT2D eigenvalue weighted by atomic mass is 79.9. The number of fused-ring (bicyclic) bond motifs is 2. The molecule has 0 aliphatic heterocycles. The molecule has 9 nitrogen and oxygen atoms in total. The summed E-state index contributed by atoms with van der Waals surface area (Å²) >= 11 is 3.60. The van der Waals surface area contributed by atoms with Crippen LogP contribution in [-0.4, -0.2) is 47.9 Å². The van der Waals surface area contributed by atoms with E-state index in [9.17, 15) is 18.0 Å². The number of aromatic carboxylic acids is 1. The Kier molecular flexibility index (Phi) is 6.15. The second-order valence-corrected chi connectivity index (χ2v) is 7.44. The number of carboxylic acids is 2. The van der Waals surface area contributed by atoms with E-state index in [4.69, 9.17) is 15.0 Å². The van der Waals surface area contributed by atoms with Gasteiger partial charge in [0.25, 0.3) is 11.6 Å². The maximum atomic E-state index is 11.1. The summed E-state index contributed by atoms with van der Waals surface area (Å²) in [5.41, 5.74) is 3.30. The van der Waals surface area contributed by atoms with Gasteiger partial charge in [0.1, 0.15) is 5.82 Å². The van der Waals surface area contributed by atoms with E-state index in [2.05, 4.69) is 42.4 Å². The average molecular weight is 502 g/mol. The summed E-state index contributed by atoms with van der Waals surface area (Å²) < 4.78 is 34.3. The molecule has 0 saturated carbocycles. The van der Waals surface area contributed by atoms with Gasteiger partial charge in [-0.3, -0.25) is 0 Å². The zero-order chi connectivity index (χ0) is 22.9. The smallest absolute Gasteiger partial charge is 0.475 e.